The van der Waals surface area contributed by atoms with Crippen LogP contribution < -0.4 is 0 Å². The molecule has 0 radical (unpaired) electrons. The molecule has 0 aromatic heterocycles. The van der Waals surface area contributed by atoms with E-state index in [0.717, 1.165) is 0 Å². The lowest BCUT2D eigenvalue weighted by atomic mass is 9.86. The molecule has 1 nitrogen and oxygen atoms in total. The van der Waals surface area contributed by atoms with E-state index in [0.29, 0.717) is 6.04 Å². The number of nitrogens with zero attached hydrogens (tertiary/aromatic N) is 1. The van der Waals surface area contributed by atoms with E-state index in [2.05, 4.69) is 56.9 Å². The maximum absolute atomic E-state index is 2.59. The summed E-state index contributed by atoms with van der Waals surface area (Å²) in [6, 6.07) is 9.78. The van der Waals surface area contributed by atoms with Gasteiger partial charge in [0.15, 0.2) is 0 Å². The molecular formula is C16H25N. The van der Waals surface area contributed by atoms with Gasteiger partial charge < -0.3 is 0 Å². The first-order chi connectivity index (χ1) is 7.98. The molecule has 1 aliphatic rings. The van der Waals surface area contributed by atoms with E-state index in [1.54, 1.807) is 0 Å². The van der Waals surface area contributed by atoms with Crippen LogP contribution >= 0.6 is 0 Å². The molecule has 0 N–H and O–H groups in total. The number of likely N-dealkylation sites (tertiary alicyclic amines) is 1. The highest BCUT2D eigenvalue weighted by atomic mass is 15.2. The minimum absolute atomic E-state index is 0.259. The van der Waals surface area contributed by atoms with Gasteiger partial charge in [0.05, 0.1) is 0 Å². The minimum atomic E-state index is 0.259. The molecule has 1 saturated heterocycles. The first-order valence-electron chi connectivity index (χ1n) is 6.83. The number of rotatable bonds is 2. The molecule has 0 spiro atoms. The molecule has 0 aliphatic carbocycles. The highest BCUT2D eigenvalue weighted by molar-refractivity contribution is 5.29. The summed E-state index contributed by atoms with van der Waals surface area (Å²) in [6.45, 7) is 11.7. The van der Waals surface area contributed by atoms with Crippen LogP contribution in [0.4, 0.5) is 0 Å². The summed E-state index contributed by atoms with van der Waals surface area (Å²) in [5.74, 6) is 0. The van der Waals surface area contributed by atoms with Crippen molar-refractivity contribution < 1.29 is 0 Å². The van der Waals surface area contributed by atoms with E-state index >= 15 is 0 Å². The van der Waals surface area contributed by atoms with Crippen LogP contribution in [0, 0.1) is 0 Å². The van der Waals surface area contributed by atoms with Crippen LogP contribution in [0.3, 0.4) is 0 Å². The maximum atomic E-state index is 2.59. The highest BCUT2D eigenvalue weighted by Gasteiger charge is 2.20. The van der Waals surface area contributed by atoms with E-state index in [-0.39, 0.29) is 5.41 Å². The molecule has 1 heteroatoms. The Kier molecular flexibility index (Phi) is 3.58. The van der Waals surface area contributed by atoms with Crippen LogP contribution in [0.5, 0.6) is 0 Å². The molecule has 1 aromatic carbocycles. The Balaban J connectivity index is 2.12. The van der Waals surface area contributed by atoms with Crippen LogP contribution in [0.2, 0.25) is 0 Å². The zero-order chi connectivity index (χ0) is 12.5. The Morgan fingerprint density at radius 2 is 1.53 bits per heavy atom. The van der Waals surface area contributed by atoms with Crippen LogP contribution in [-0.4, -0.2) is 18.0 Å². The number of hydrogen-bond acceptors (Lipinski definition) is 1. The normalized spacial score (nSPS) is 19.5. The summed E-state index contributed by atoms with van der Waals surface area (Å²) < 4.78 is 0. The van der Waals surface area contributed by atoms with Crippen LogP contribution in [0.25, 0.3) is 0 Å². The maximum Gasteiger partial charge on any atom is 0.0319 e. The molecule has 94 valence electrons. The molecular weight excluding hydrogens is 206 g/mol. The topological polar surface area (TPSA) is 3.24 Å². The smallest absolute Gasteiger partial charge is 0.0319 e. The van der Waals surface area contributed by atoms with Crippen LogP contribution in [0.15, 0.2) is 24.3 Å². The molecule has 1 unspecified atom stereocenters. The second kappa shape index (κ2) is 4.81. The molecule has 1 fully saturated rings. The van der Waals surface area contributed by atoms with E-state index in [9.17, 15) is 0 Å². The molecule has 0 bridgehead atoms. The van der Waals surface area contributed by atoms with Gasteiger partial charge in [-0.25, -0.2) is 0 Å². The molecule has 17 heavy (non-hydrogen) atoms. The summed E-state index contributed by atoms with van der Waals surface area (Å²) in [6.07, 6.45) is 2.73. The number of hydrogen-bond donors (Lipinski definition) is 0. The lowest BCUT2D eigenvalue weighted by Gasteiger charge is -2.25. The van der Waals surface area contributed by atoms with Gasteiger partial charge in [0.2, 0.25) is 0 Å². The van der Waals surface area contributed by atoms with Crippen molar-refractivity contribution in [3.05, 3.63) is 35.4 Å². The first kappa shape index (κ1) is 12.6. The Bertz CT molecular complexity index is 352. The molecule has 0 saturated carbocycles. The zero-order valence-corrected chi connectivity index (χ0v) is 11.7. The van der Waals surface area contributed by atoms with Crippen molar-refractivity contribution in [2.45, 2.75) is 52.0 Å². The van der Waals surface area contributed by atoms with Crippen molar-refractivity contribution in [2.24, 2.45) is 0 Å². The minimum Gasteiger partial charge on any atom is -0.297 e. The summed E-state index contributed by atoms with van der Waals surface area (Å²) in [5.41, 5.74) is 3.14. The molecule has 2 rings (SSSR count). The third-order valence-electron chi connectivity index (χ3n) is 3.95. The van der Waals surface area contributed by atoms with Gasteiger partial charge in [0.1, 0.15) is 0 Å². The van der Waals surface area contributed by atoms with E-state index in [1.165, 1.54) is 37.1 Å². The van der Waals surface area contributed by atoms with Crippen molar-refractivity contribution in [2.75, 3.05) is 13.1 Å². The summed E-state index contributed by atoms with van der Waals surface area (Å²) in [4.78, 5) is 2.59. The van der Waals surface area contributed by atoms with Crippen molar-refractivity contribution >= 4 is 0 Å². The third kappa shape index (κ3) is 2.90. The predicted molar refractivity (Wildman–Crippen MR) is 74.4 cm³/mol. The fourth-order valence-electron chi connectivity index (χ4n) is 2.60. The van der Waals surface area contributed by atoms with Crippen molar-refractivity contribution in [1.29, 1.82) is 0 Å². The second-order valence-corrected chi connectivity index (χ2v) is 6.29. The quantitative estimate of drug-likeness (QED) is 0.739. The Morgan fingerprint density at radius 3 is 2.00 bits per heavy atom. The largest absolute Gasteiger partial charge is 0.297 e. The van der Waals surface area contributed by atoms with Gasteiger partial charge in [-0.3, -0.25) is 4.90 Å². The third-order valence-corrected chi connectivity index (χ3v) is 3.95. The first-order valence-corrected chi connectivity index (χ1v) is 6.83. The lowest BCUT2D eigenvalue weighted by Crippen LogP contribution is -2.23. The molecule has 1 heterocycles. The van der Waals surface area contributed by atoms with Crippen LogP contribution in [-0.2, 0) is 5.41 Å². The molecule has 0 amide bonds. The molecule has 1 aliphatic heterocycles. The van der Waals surface area contributed by atoms with Gasteiger partial charge in [0, 0.05) is 6.04 Å². The van der Waals surface area contributed by atoms with Gasteiger partial charge in [0.25, 0.3) is 0 Å². The SMILES string of the molecule is CC(c1ccc(C(C)(C)C)cc1)N1CCCC1. The standard InChI is InChI=1S/C16H25N/c1-13(17-11-5-6-12-17)14-7-9-15(10-8-14)16(2,3)4/h7-10,13H,5-6,11-12H2,1-4H3. The van der Waals surface area contributed by atoms with E-state index < -0.39 is 0 Å². The van der Waals surface area contributed by atoms with Gasteiger partial charge in [-0.15, -0.1) is 0 Å². The predicted octanol–water partition coefficient (Wildman–Crippen LogP) is 4.14. The van der Waals surface area contributed by atoms with Crippen molar-refractivity contribution in [3.8, 4) is 0 Å². The van der Waals surface area contributed by atoms with Crippen LogP contribution in [0.1, 0.15) is 57.7 Å². The summed E-state index contributed by atoms with van der Waals surface area (Å²) in [7, 11) is 0. The Labute approximate surface area is 106 Å². The van der Waals surface area contributed by atoms with E-state index in [1.807, 2.05) is 0 Å². The average Bonchev–Trinajstić information content (AvgIpc) is 2.80. The van der Waals surface area contributed by atoms with Crippen molar-refractivity contribution in [1.82, 2.24) is 4.90 Å². The lowest BCUT2D eigenvalue weighted by molar-refractivity contribution is 0.263. The number of benzene rings is 1. The second-order valence-electron chi connectivity index (χ2n) is 6.29. The average molecular weight is 231 g/mol. The molecule has 1 atom stereocenters. The van der Waals surface area contributed by atoms with Crippen molar-refractivity contribution in [3.63, 3.8) is 0 Å². The monoisotopic (exact) mass is 231 g/mol. The van der Waals surface area contributed by atoms with Gasteiger partial charge in [-0.2, -0.15) is 0 Å². The fraction of sp³-hybridized carbons (Fsp3) is 0.625. The van der Waals surface area contributed by atoms with Gasteiger partial charge in [-0.05, 0) is 49.4 Å². The molecule has 1 aromatic rings. The summed E-state index contributed by atoms with van der Waals surface area (Å²) in [5, 5.41) is 0. The highest BCUT2D eigenvalue weighted by Crippen LogP contribution is 2.27. The Hall–Kier alpha value is -0.820. The zero-order valence-electron chi connectivity index (χ0n) is 11.7. The van der Waals surface area contributed by atoms with Gasteiger partial charge in [-0.1, -0.05) is 45.0 Å². The summed E-state index contributed by atoms with van der Waals surface area (Å²) >= 11 is 0. The van der Waals surface area contributed by atoms with Gasteiger partial charge >= 0.3 is 0 Å². The van der Waals surface area contributed by atoms with E-state index in [4.69, 9.17) is 0 Å². The Morgan fingerprint density at radius 1 is 1.00 bits per heavy atom. The fourth-order valence-corrected chi connectivity index (χ4v) is 2.60.